The van der Waals surface area contributed by atoms with E-state index in [9.17, 15) is 18.3 Å². The number of rotatable bonds is 4. The average molecular weight is 455 g/mol. The summed E-state index contributed by atoms with van der Waals surface area (Å²) in [6.07, 6.45) is 2.17. The molecule has 0 bridgehead atoms. The third kappa shape index (κ3) is 4.08. The Morgan fingerprint density at radius 1 is 0.818 bits per heavy atom. The van der Waals surface area contributed by atoms with E-state index in [4.69, 9.17) is 0 Å². The molecule has 4 rings (SSSR count). The molecule has 0 radical (unpaired) electrons. The molecule has 1 unspecified atom stereocenters. The van der Waals surface area contributed by atoms with Gasteiger partial charge in [-0.1, -0.05) is 11.8 Å². The van der Waals surface area contributed by atoms with E-state index in [1.165, 1.54) is 30.3 Å². The summed E-state index contributed by atoms with van der Waals surface area (Å²) in [4.78, 5) is 3.72. The molecular formula is C24H14F5N3O. The maximum absolute atomic E-state index is 15.7. The summed E-state index contributed by atoms with van der Waals surface area (Å²) in [5.74, 6) is -1.49. The minimum atomic E-state index is -4.17. The number of alkyl halides is 2. The van der Waals surface area contributed by atoms with E-state index in [1.807, 2.05) is 0 Å². The zero-order valence-electron chi connectivity index (χ0n) is 16.7. The predicted molar refractivity (Wildman–Crippen MR) is 108 cm³/mol. The van der Waals surface area contributed by atoms with Gasteiger partial charge in [0.25, 0.3) is 0 Å². The van der Waals surface area contributed by atoms with Crippen LogP contribution >= 0.6 is 0 Å². The zero-order chi connectivity index (χ0) is 23.6. The van der Waals surface area contributed by atoms with Crippen molar-refractivity contribution in [1.29, 1.82) is 0 Å². The second-order valence-electron chi connectivity index (χ2n) is 7.07. The van der Waals surface area contributed by atoms with Crippen LogP contribution in [0.1, 0.15) is 28.1 Å². The van der Waals surface area contributed by atoms with Gasteiger partial charge >= 0.3 is 5.92 Å². The molecule has 2 N–H and O–H groups in total. The molecule has 4 aromatic rings. The van der Waals surface area contributed by atoms with E-state index in [0.29, 0.717) is 11.6 Å². The van der Waals surface area contributed by atoms with Gasteiger partial charge in [-0.15, -0.1) is 0 Å². The van der Waals surface area contributed by atoms with Crippen molar-refractivity contribution in [1.82, 2.24) is 15.2 Å². The molecule has 9 heteroatoms. The number of H-pyrrole nitrogens is 1. The average Bonchev–Trinajstić information content (AvgIpc) is 3.34. The highest BCUT2D eigenvalue weighted by molar-refractivity contribution is 5.43. The number of halogens is 5. The smallest absolute Gasteiger partial charge is 0.327 e. The summed E-state index contributed by atoms with van der Waals surface area (Å²) in [6, 6.07) is 10.5. The van der Waals surface area contributed by atoms with Crippen LogP contribution in [0.15, 0.2) is 73.1 Å². The summed E-state index contributed by atoms with van der Waals surface area (Å²) in [7, 11) is 0. The molecule has 2 aromatic heterocycles. The maximum atomic E-state index is 15.7. The zero-order valence-corrected chi connectivity index (χ0v) is 16.7. The molecule has 166 valence electrons. The Kier molecular flexibility index (Phi) is 5.70. The Bertz CT molecular complexity index is 1330. The number of nitrogens with one attached hydrogen (secondary N) is 1. The maximum Gasteiger partial charge on any atom is 0.327 e. The van der Waals surface area contributed by atoms with Gasteiger partial charge in [-0.25, -0.2) is 13.2 Å². The number of pyridine rings is 1. The van der Waals surface area contributed by atoms with Gasteiger partial charge in [-0.3, -0.25) is 10.1 Å². The molecule has 0 aliphatic rings. The van der Waals surface area contributed by atoms with E-state index in [1.54, 1.807) is 0 Å². The van der Waals surface area contributed by atoms with E-state index >= 15 is 8.78 Å². The Morgan fingerprint density at radius 3 is 2.09 bits per heavy atom. The standard InChI is InChI=1S/C24H14F5N3O/c25-17-6-3-15(4-7-17)1-2-16-5-10-22(30-14-16)24(28,29)23(33,21-11-12-31-32-21)19-9-8-18(26)13-20(19)27/h3-14,33H,(H,31,32). The van der Waals surface area contributed by atoms with E-state index in [2.05, 4.69) is 27.0 Å². The van der Waals surface area contributed by atoms with Gasteiger partial charge in [0, 0.05) is 35.2 Å². The summed E-state index contributed by atoms with van der Waals surface area (Å²) in [6.45, 7) is 0. The highest BCUT2D eigenvalue weighted by Crippen LogP contribution is 2.49. The van der Waals surface area contributed by atoms with Crippen molar-refractivity contribution in [2.24, 2.45) is 0 Å². The number of hydrogen-bond donors (Lipinski definition) is 2. The molecule has 0 aliphatic carbocycles. The van der Waals surface area contributed by atoms with Crippen LogP contribution in [0.25, 0.3) is 0 Å². The largest absolute Gasteiger partial charge is 0.373 e. The number of aromatic nitrogens is 3. The number of benzene rings is 2. The second kappa shape index (κ2) is 8.48. The molecule has 0 spiro atoms. The Labute approximate surface area is 184 Å². The SMILES string of the molecule is OC(c1ccn[nH]1)(c1ccc(F)cc1F)C(F)(F)c1ccc(C#Cc2ccc(F)cc2)cn1. The molecule has 0 amide bonds. The summed E-state index contributed by atoms with van der Waals surface area (Å²) in [5.41, 5.74) is -4.74. The summed E-state index contributed by atoms with van der Waals surface area (Å²) >= 11 is 0. The van der Waals surface area contributed by atoms with Crippen LogP contribution in [0.5, 0.6) is 0 Å². The first kappa shape index (κ1) is 22.2. The number of aliphatic hydroxyl groups is 1. The molecule has 1 atom stereocenters. The fourth-order valence-corrected chi connectivity index (χ4v) is 3.24. The van der Waals surface area contributed by atoms with Crippen LogP contribution in [-0.2, 0) is 11.5 Å². The number of nitrogens with zero attached hydrogens (tertiary/aromatic N) is 2. The van der Waals surface area contributed by atoms with Gasteiger partial charge in [0.15, 0.2) is 0 Å². The van der Waals surface area contributed by atoms with Gasteiger partial charge in [-0.2, -0.15) is 13.9 Å². The van der Waals surface area contributed by atoms with E-state index < -0.39 is 45.9 Å². The third-order valence-electron chi connectivity index (χ3n) is 4.95. The van der Waals surface area contributed by atoms with Crippen molar-refractivity contribution in [3.05, 3.63) is 119 Å². The second-order valence-corrected chi connectivity index (χ2v) is 7.07. The Morgan fingerprint density at radius 2 is 1.48 bits per heavy atom. The number of hydrogen-bond acceptors (Lipinski definition) is 3. The minimum absolute atomic E-state index is 0.275. The first-order valence-corrected chi connectivity index (χ1v) is 9.51. The number of aromatic amines is 1. The van der Waals surface area contributed by atoms with Crippen LogP contribution in [0.3, 0.4) is 0 Å². The lowest BCUT2D eigenvalue weighted by Gasteiger charge is -2.35. The van der Waals surface area contributed by atoms with Crippen molar-refractivity contribution >= 4 is 0 Å². The van der Waals surface area contributed by atoms with Gasteiger partial charge in [0.05, 0.1) is 5.69 Å². The van der Waals surface area contributed by atoms with E-state index in [-0.39, 0.29) is 5.56 Å². The van der Waals surface area contributed by atoms with Crippen LogP contribution in [0.2, 0.25) is 0 Å². The van der Waals surface area contributed by atoms with Crippen molar-refractivity contribution in [3.63, 3.8) is 0 Å². The molecule has 0 fully saturated rings. The van der Waals surface area contributed by atoms with Gasteiger partial charge in [-0.05, 0) is 54.6 Å². The highest BCUT2D eigenvalue weighted by Gasteiger charge is 2.59. The predicted octanol–water partition coefficient (Wildman–Crippen LogP) is 4.65. The monoisotopic (exact) mass is 455 g/mol. The summed E-state index contributed by atoms with van der Waals surface area (Å²) in [5, 5.41) is 17.0. The molecule has 2 heterocycles. The highest BCUT2D eigenvalue weighted by atomic mass is 19.3. The molecule has 0 aliphatic heterocycles. The molecule has 4 nitrogen and oxygen atoms in total. The Hall–Kier alpha value is -4.03. The topological polar surface area (TPSA) is 61.8 Å². The Balaban J connectivity index is 1.74. The summed E-state index contributed by atoms with van der Waals surface area (Å²) < 4.78 is 72.2. The van der Waals surface area contributed by atoms with Crippen molar-refractivity contribution < 1.29 is 27.1 Å². The van der Waals surface area contributed by atoms with E-state index in [0.717, 1.165) is 36.7 Å². The van der Waals surface area contributed by atoms with Crippen molar-refractivity contribution in [2.75, 3.05) is 0 Å². The van der Waals surface area contributed by atoms with Crippen LogP contribution in [0, 0.1) is 29.3 Å². The van der Waals surface area contributed by atoms with Gasteiger partial charge < -0.3 is 5.11 Å². The lowest BCUT2D eigenvalue weighted by Crippen LogP contribution is -2.46. The van der Waals surface area contributed by atoms with Crippen molar-refractivity contribution in [2.45, 2.75) is 11.5 Å². The van der Waals surface area contributed by atoms with Gasteiger partial charge in [0.2, 0.25) is 5.60 Å². The molecule has 0 saturated carbocycles. The van der Waals surface area contributed by atoms with Crippen LogP contribution in [-0.4, -0.2) is 20.3 Å². The first-order valence-electron chi connectivity index (χ1n) is 9.51. The third-order valence-corrected chi connectivity index (χ3v) is 4.95. The molecular weight excluding hydrogens is 441 g/mol. The lowest BCUT2D eigenvalue weighted by atomic mass is 9.82. The first-order chi connectivity index (χ1) is 15.7. The van der Waals surface area contributed by atoms with Crippen LogP contribution in [0.4, 0.5) is 22.0 Å². The fourth-order valence-electron chi connectivity index (χ4n) is 3.24. The van der Waals surface area contributed by atoms with Gasteiger partial charge in [0.1, 0.15) is 23.1 Å². The van der Waals surface area contributed by atoms with Crippen LogP contribution < -0.4 is 0 Å². The van der Waals surface area contributed by atoms with Crippen molar-refractivity contribution in [3.8, 4) is 11.8 Å². The molecule has 2 aromatic carbocycles. The normalized spacial score (nSPS) is 13.2. The lowest BCUT2D eigenvalue weighted by molar-refractivity contribution is -0.177. The quantitative estimate of drug-likeness (QED) is 0.348. The molecule has 0 saturated heterocycles. The minimum Gasteiger partial charge on any atom is -0.373 e. The fraction of sp³-hybridized carbons (Fsp3) is 0.0833. The molecule has 33 heavy (non-hydrogen) atoms.